The zero-order valence-corrected chi connectivity index (χ0v) is 11.0. The number of nitrogens with two attached hydrogens (primary N) is 1. The molecule has 3 N–H and O–H groups in total. The molecule has 0 saturated carbocycles. The molecule has 1 aromatic rings. The number of carboxylic acids is 1. The molecule has 1 atom stereocenters. The van der Waals surface area contributed by atoms with Crippen LogP contribution in [0.3, 0.4) is 0 Å². The van der Waals surface area contributed by atoms with Crippen LogP contribution >= 0.6 is 38.9 Å². The molecule has 0 saturated heterocycles. The van der Waals surface area contributed by atoms with Crippen LogP contribution in [-0.4, -0.2) is 11.1 Å². The van der Waals surface area contributed by atoms with Crippen molar-refractivity contribution in [2.45, 2.75) is 25.3 Å². The van der Waals surface area contributed by atoms with Gasteiger partial charge in [0.1, 0.15) is 0 Å². The van der Waals surface area contributed by atoms with Crippen LogP contribution in [0.5, 0.6) is 0 Å². The van der Waals surface area contributed by atoms with Crippen molar-refractivity contribution >= 4 is 44.8 Å². The maximum atomic E-state index is 10.3. The van der Waals surface area contributed by atoms with Gasteiger partial charge in [0.15, 0.2) is 0 Å². The molecule has 0 aliphatic rings. The van der Waals surface area contributed by atoms with Gasteiger partial charge in [-0.15, -0.1) is 11.3 Å². The molecule has 1 rings (SSSR count). The predicted molar refractivity (Wildman–Crippen MR) is 65.4 cm³/mol. The Bertz CT molecular complexity index is 336. The first-order valence-corrected chi connectivity index (χ1v) is 6.41. The topological polar surface area (TPSA) is 63.3 Å². The van der Waals surface area contributed by atoms with E-state index in [0.717, 1.165) is 8.66 Å². The van der Waals surface area contributed by atoms with Gasteiger partial charge in [-0.25, -0.2) is 0 Å². The number of rotatable bonds is 5. The first-order valence-electron chi connectivity index (χ1n) is 4.43. The third-order valence-electron chi connectivity index (χ3n) is 1.94. The van der Waals surface area contributed by atoms with Crippen LogP contribution in [0.1, 0.15) is 30.2 Å². The summed E-state index contributed by atoms with van der Waals surface area (Å²) in [6.45, 7) is 0. The Kier molecular flexibility index (Phi) is 5.05. The summed E-state index contributed by atoms with van der Waals surface area (Å²) in [5.41, 5.74) is 5.90. The SMILES string of the molecule is NC(CCCC(=O)O)c1cc(Cl)c(Br)s1. The summed E-state index contributed by atoms with van der Waals surface area (Å²) in [7, 11) is 0. The number of thiophene rings is 1. The number of hydrogen-bond acceptors (Lipinski definition) is 3. The summed E-state index contributed by atoms with van der Waals surface area (Å²) in [6, 6.07) is 1.69. The molecule has 0 spiro atoms. The molecule has 1 aromatic heterocycles. The molecule has 1 unspecified atom stereocenters. The largest absolute Gasteiger partial charge is 0.481 e. The lowest BCUT2D eigenvalue weighted by atomic mass is 10.1. The molecule has 0 aliphatic carbocycles. The van der Waals surface area contributed by atoms with E-state index in [9.17, 15) is 4.79 Å². The van der Waals surface area contributed by atoms with Gasteiger partial charge in [-0.2, -0.15) is 0 Å². The second kappa shape index (κ2) is 5.84. The van der Waals surface area contributed by atoms with Crippen LogP contribution in [-0.2, 0) is 4.79 Å². The van der Waals surface area contributed by atoms with Crippen molar-refractivity contribution in [3.63, 3.8) is 0 Å². The van der Waals surface area contributed by atoms with Crippen LogP contribution in [0.25, 0.3) is 0 Å². The Morgan fingerprint density at radius 2 is 2.40 bits per heavy atom. The lowest BCUT2D eigenvalue weighted by molar-refractivity contribution is -0.137. The van der Waals surface area contributed by atoms with Crippen molar-refractivity contribution in [1.29, 1.82) is 0 Å². The van der Waals surface area contributed by atoms with Crippen molar-refractivity contribution in [3.05, 3.63) is 19.8 Å². The van der Waals surface area contributed by atoms with Gasteiger partial charge in [0.05, 0.1) is 8.81 Å². The number of aliphatic carboxylic acids is 1. The van der Waals surface area contributed by atoms with Crippen LogP contribution in [0.15, 0.2) is 9.85 Å². The van der Waals surface area contributed by atoms with E-state index in [1.807, 2.05) is 6.07 Å². The lowest BCUT2D eigenvalue weighted by Crippen LogP contribution is -2.09. The zero-order chi connectivity index (χ0) is 11.4. The van der Waals surface area contributed by atoms with E-state index < -0.39 is 5.97 Å². The van der Waals surface area contributed by atoms with Crippen molar-refractivity contribution in [3.8, 4) is 0 Å². The molecular weight excluding hydrogens is 302 g/mol. The highest BCUT2D eigenvalue weighted by Gasteiger charge is 2.12. The summed E-state index contributed by atoms with van der Waals surface area (Å²) < 4.78 is 0.868. The molecule has 0 fully saturated rings. The third kappa shape index (κ3) is 4.10. The van der Waals surface area contributed by atoms with Crippen LogP contribution in [0.4, 0.5) is 0 Å². The molecule has 1 heterocycles. The molecule has 84 valence electrons. The fourth-order valence-electron chi connectivity index (χ4n) is 1.16. The third-order valence-corrected chi connectivity index (χ3v) is 4.54. The quantitative estimate of drug-likeness (QED) is 0.875. The van der Waals surface area contributed by atoms with E-state index in [1.54, 1.807) is 0 Å². The Labute approximate surface area is 105 Å². The van der Waals surface area contributed by atoms with Gasteiger partial charge in [-0.05, 0) is 34.8 Å². The molecule has 0 amide bonds. The minimum absolute atomic E-state index is 0.127. The van der Waals surface area contributed by atoms with E-state index in [1.165, 1.54) is 11.3 Å². The fraction of sp³-hybridized carbons (Fsp3) is 0.444. The normalized spacial score (nSPS) is 12.7. The number of halogens is 2. The van der Waals surface area contributed by atoms with Gasteiger partial charge in [0.25, 0.3) is 0 Å². The van der Waals surface area contributed by atoms with Crippen molar-refractivity contribution in [2.75, 3.05) is 0 Å². The molecule has 3 nitrogen and oxygen atoms in total. The predicted octanol–water partition coefficient (Wildman–Crippen LogP) is 3.42. The lowest BCUT2D eigenvalue weighted by Gasteiger charge is -2.07. The highest BCUT2D eigenvalue weighted by Crippen LogP contribution is 2.35. The highest BCUT2D eigenvalue weighted by atomic mass is 79.9. The molecule has 0 aliphatic heterocycles. The standard InChI is InChI=1S/C9H11BrClNO2S/c10-9-5(11)4-7(15-9)6(12)2-1-3-8(13)14/h4,6H,1-3,12H2,(H,13,14). The second-order valence-corrected chi connectivity index (χ2v) is 5.97. The fourth-order valence-corrected chi connectivity index (χ4v) is 2.94. The summed E-state index contributed by atoms with van der Waals surface area (Å²) in [5.74, 6) is -0.785. The van der Waals surface area contributed by atoms with Crippen molar-refractivity contribution in [1.82, 2.24) is 0 Å². The summed E-state index contributed by atoms with van der Waals surface area (Å²) >= 11 is 10.7. The molecule has 0 aromatic carbocycles. The molecule has 6 heteroatoms. The van der Waals surface area contributed by atoms with Gasteiger partial charge in [-0.1, -0.05) is 11.6 Å². The average Bonchev–Trinajstić information content (AvgIpc) is 2.46. The highest BCUT2D eigenvalue weighted by molar-refractivity contribution is 9.11. The maximum Gasteiger partial charge on any atom is 0.303 e. The van der Waals surface area contributed by atoms with Gasteiger partial charge in [0, 0.05) is 17.3 Å². The smallest absolute Gasteiger partial charge is 0.303 e. The average molecular weight is 313 g/mol. The van der Waals surface area contributed by atoms with Gasteiger partial charge in [0.2, 0.25) is 0 Å². The summed E-state index contributed by atoms with van der Waals surface area (Å²) in [5, 5.41) is 9.13. The zero-order valence-electron chi connectivity index (χ0n) is 7.87. The minimum Gasteiger partial charge on any atom is -0.481 e. The van der Waals surface area contributed by atoms with E-state index >= 15 is 0 Å². The molecule has 15 heavy (non-hydrogen) atoms. The van der Waals surface area contributed by atoms with Crippen molar-refractivity contribution in [2.24, 2.45) is 5.73 Å². The van der Waals surface area contributed by atoms with E-state index in [4.69, 9.17) is 22.4 Å². The molecule has 0 bridgehead atoms. The van der Waals surface area contributed by atoms with Gasteiger partial charge < -0.3 is 10.8 Å². The second-order valence-electron chi connectivity index (χ2n) is 3.16. The number of carboxylic acid groups (broad SMARTS) is 1. The maximum absolute atomic E-state index is 10.3. The minimum atomic E-state index is -0.785. The van der Waals surface area contributed by atoms with Crippen LogP contribution in [0, 0.1) is 0 Å². The van der Waals surface area contributed by atoms with Gasteiger partial charge >= 0.3 is 5.97 Å². The van der Waals surface area contributed by atoms with E-state index in [2.05, 4.69) is 15.9 Å². The Morgan fingerprint density at radius 3 is 2.87 bits per heavy atom. The Morgan fingerprint density at radius 1 is 1.73 bits per heavy atom. The molecular formula is C9H11BrClNO2S. The molecule has 0 radical (unpaired) electrons. The Balaban J connectivity index is 2.46. The Hall–Kier alpha value is -0.100. The first kappa shape index (κ1) is 13.0. The summed E-state index contributed by atoms with van der Waals surface area (Å²) in [6.07, 6.45) is 1.41. The van der Waals surface area contributed by atoms with Gasteiger partial charge in [-0.3, -0.25) is 4.79 Å². The van der Waals surface area contributed by atoms with Crippen molar-refractivity contribution < 1.29 is 9.90 Å². The van der Waals surface area contributed by atoms with E-state index in [-0.39, 0.29) is 12.5 Å². The monoisotopic (exact) mass is 311 g/mol. The first-order chi connectivity index (χ1) is 7.00. The van der Waals surface area contributed by atoms with E-state index in [0.29, 0.717) is 17.9 Å². The number of hydrogen-bond donors (Lipinski definition) is 2. The van der Waals surface area contributed by atoms with Crippen LogP contribution in [0.2, 0.25) is 5.02 Å². The summed E-state index contributed by atoms with van der Waals surface area (Å²) in [4.78, 5) is 11.3. The number of carbonyl (C=O) groups is 1. The van der Waals surface area contributed by atoms with Crippen LogP contribution < -0.4 is 5.73 Å².